The second-order valence-corrected chi connectivity index (χ2v) is 3.79. The van der Waals surface area contributed by atoms with Crippen molar-refractivity contribution in [2.75, 3.05) is 33.5 Å². The molecule has 0 saturated heterocycles. The van der Waals surface area contributed by atoms with Crippen LogP contribution in [-0.2, 0) is 23.7 Å². The van der Waals surface area contributed by atoms with E-state index in [1.807, 2.05) is 0 Å². The van der Waals surface area contributed by atoms with E-state index in [-0.39, 0.29) is 13.2 Å². The molecule has 1 atom stereocenters. The molecule has 0 fully saturated rings. The van der Waals surface area contributed by atoms with Crippen LogP contribution in [0.2, 0.25) is 0 Å². The zero-order valence-corrected chi connectivity index (χ0v) is 12.9. The second-order valence-electron chi connectivity index (χ2n) is 3.79. The Balaban J connectivity index is 5.11. The van der Waals surface area contributed by atoms with Gasteiger partial charge in [0.25, 0.3) is 0 Å². The van der Waals surface area contributed by atoms with E-state index in [1.54, 1.807) is 27.7 Å². The van der Waals surface area contributed by atoms with Crippen molar-refractivity contribution in [2.24, 2.45) is 0 Å². The molecule has 1 amide bonds. The highest BCUT2D eigenvalue weighted by molar-refractivity contribution is 5.81. The van der Waals surface area contributed by atoms with Crippen LogP contribution in [0.3, 0.4) is 0 Å². The van der Waals surface area contributed by atoms with Crippen LogP contribution < -0.4 is 0 Å². The first-order valence-electron chi connectivity index (χ1n) is 6.82. The highest BCUT2D eigenvalue weighted by Crippen LogP contribution is 2.12. The lowest BCUT2D eigenvalue weighted by Gasteiger charge is -2.31. The van der Waals surface area contributed by atoms with E-state index in [4.69, 9.17) is 18.9 Å². The normalized spacial score (nSPS) is 12.1. The predicted octanol–water partition coefficient (Wildman–Crippen LogP) is 1.41. The van der Waals surface area contributed by atoms with E-state index in [0.717, 1.165) is 4.90 Å². The summed E-state index contributed by atoms with van der Waals surface area (Å²) in [7, 11) is 1.45. The van der Waals surface area contributed by atoms with Crippen molar-refractivity contribution in [3.63, 3.8) is 0 Å². The Labute approximate surface area is 120 Å². The van der Waals surface area contributed by atoms with Crippen LogP contribution in [0.1, 0.15) is 27.7 Å². The zero-order valence-electron chi connectivity index (χ0n) is 12.9. The molecule has 0 rings (SSSR count). The topological polar surface area (TPSA) is 74.3 Å². The molecule has 0 aliphatic carbocycles. The monoisotopic (exact) mass is 291 g/mol. The smallest absolute Gasteiger partial charge is 0.410 e. The zero-order chi connectivity index (χ0) is 15.5. The van der Waals surface area contributed by atoms with Crippen molar-refractivity contribution in [3.8, 4) is 0 Å². The first kappa shape index (κ1) is 18.7. The number of carbonyl (C=O) groups is 2. The fraction of sp³-hybridized carbons (Fsp3) is 0.846. The highest BCUT2D eigenvalue weighted by atomic mass is 16.7. The van der Waals surface area contributed by atoms with Crippen LogP contribution in [0, 0.1) is 0 Å². The summed E-state index contributed by atoms with van der Waals surface area (Å²) in [4.78, 5) is 25.0. The predicted molar refractivity (Wildman–Crippen MR) is 72.2 cm³/mol. The molecule has 0 aromatic rings. The summed E-state index contributed by atoms with van der Waals surface area (Å²) < 4.78 is 20.6. The quantitative estimate of drug-likeness (QED) is 0.472. The van der Waals surface area contributed by atoms with E-state index in [9.17, 15) is 9.59 Å². The van der Waals surface area contributed by atoms with E-state index in [2.05, 4.69) is 0 Å². The minimum Gasteiger partial charge on any atom is -0.464 e. The molecule has 7 nitrogen and oxygen atoms in total. The van der Waals surface area contributed by atoms with Crippen molar-refractivity contribution in [1.82, 2.24) is 4.90 Å². The van der Waals surface area contributed by atoms with Crippen molar-refractivity contribution < 1.29 is 28.5 Å². The van der Waals surface area contributed by atoms with Gasteiger partial charge in [-0.2, -0.15) is 0 Å². The van der Waals surface area contributed by atoms with Crippen molar-refractivity contribution in [3.05, 3.63) is 0 Å². The number of amides is 1. The highest BCUT2D eigenvalue weighted by Gasteiger charge is 2.37. The summed E-state index contributed by atoms with van der Waals surface area (Å²) in [5.41, 5.74) is 0. The third-order valence-corrected chi connectivity index (χ3v) is 2.42. The third kappa shape index (κ3) is 5.75. The van der Waals surface area contributed by atoms with E-state index < -0.39 is 24.4 Å². The molecule has 20 heavy (non-hydrogen) atoms. The van der Waals surface area contributed by atoms with Gasteiger partial charge in [-0.3, -0.25) is 4.90 Å². The van der Waals surface area contributed by atoms with Crippen LogP contribution in [0.4, 0.5) is 4.79 Å². The Morgan fingerprint density at radius 1 is 0.900 bits per heavy atom. The Hall–Kier alpha value is -1.34. The molecule has 0 saturated carbocycles. The summed E-state index contributed by atoms with van der Waals surface area (Å²) in [5, 5.41) is 0. The standard InChI is InChI=1S/C13H25NO6/c1-6-17-11(15)10(12(18-7-2)19-8-3)14(5)13(16)20-9-4/h10,12H,6-9H2,1-5H3. The van der Waals surface area contributed by atoms with Gasteiger partial charge in [-0.1, -0.05) is 0 Å². The fourth-order valence-corrected chi connectivity index (χ4v) is 1.58. The minimum atomic E-state index is -1.01. The molecule has 0 bridgehead atoms. The Bertz CT molecular complexity index is 291. The molecule has 0 heterocycles. The summed E-state index contributed by atoms with van der Waals surface area (Å²) in [6, 6.07) is -1.01. The maximum absolute atomic E-state index is 12.1. The van der Waals surface area contributed by atoms with Gasteiger partial charge in [-0.05, 0) is 27.7 Å². The molecular weight excluding hydrogens is 266 g/mol. The van der Waals surface area contributed by atoms with Crippen molar-refractivity contribution in [1.29, 1.82) is 0 Å². The first-order chi connectivity index (χ1) is 9.53. The number of hydrogen-bond donors (Lipinski definition) is 0. The third-order valence-electron chi connectivity index (χ3n) is 2.42. The number of hydrogen-bond acceptors (Lipinski definition) is 6. The van der Waals surface area contributed by atoms with Gasteiger partial charge < -0.3 is 18.9 Å². The molecule has 0 spiro atoms. The van der Waals surface area contributed by atoms with Gasteiger partial charge in [0, 0.05) is 20.3 Å². The lowest BCUT2D eigenvalue weighted by atomic mass is 10.2. The molecule has 0 aromatic heterocycles. The van der Waals surface area contributed by atoms with Crippen LogP contribution in [0.25, 0.3) is 0 Å². The number of esters is 1. The van der Waals surface area contributed by atoms with Gasteiger partial charge in [0.1, 0.15) is 0 Å². The molecule has 0 aliphatic heterocycles. The molecule has 0 aliphatic rings. The average molecular weight is 291 g/mol. The van der Waals surface area contributed by atoms with Crippen LogP contribution >= 0.6 is 0 Å². The van der Waals surface area contributed by atoms with Crippen molar-refractivity contribution >= 4 is 12.1 Å². The van der Waals surface area contributed by atoms with E-state index in [0.29, 0.717) is 13.2 Å². The van der Waals surface area contributed by atoms with Crippen LogP contribution in [0.5, 0.6) is 0 Å². The van der Waals surface area contributed by atoms with Crippen molar-refractivity contribution in [2.45, 2.75) is 40.0 Å². The number of rotatable bonds is 9. The minimum absolute atomic E-state index is 0.205. The van der Waals surface area contributed by atoms with Crippen LogP contribution in [0.15, 0.2) is 0 Å². The molecule has 7 heteroatoms. The summed E-state index contributed by atoms with van der Waals surface area (Å²) in [5.74, 6) is -0.588. The number of likely N-dealkylation sites (N-methyl/N-ethyl adjacent to an activating group) is 1. The molecule has 118 valence electrons. The molecule has 1 unspecified atom stereocenters. The largest absolute Gasteiger partial charge is 0.464 e. The molecule has 0 N–H and O–H groups in total. The Morgan fingerprint density at radius 3 is 1.80 bits per heavy atom. The fourth-order valence-electron chi connectivity index (χ4n) is 1.58. The SMILES string of the molecule is CCOC(=O)C(C(OCC)OCC)N(C)C(=O)OCC. The number of carbonyl (C=O) groups excluding carboxylic acids is 2. The maximum Gasteiger partial charge on any atom is 0.410 e. The summed E-state index contributed by atoms with van der Waals surface area (Å²) >= 11 is 0. The molecule has 0 aromatic carbocycles. The van der Waals surface area contributed by atoms with Gasteiger partial charge in [-0.25, -0.2) is 9.59 Å². The van der Waals surface area contributed by atoms with E-state index >= 15 is 0 Å². The van der Waals surface area contributed by atoms with Gasteiger partial charge in [-0.15, -0.1) is 0 Å². The van der Waals surface area contributed by atoms with Gasteiger partial charge >= 0.3 is 12.1 Å². The van der Waals surface area contributed by atoms with Crippen LogP contribution in [-0.4, -0.2) is 62.8 Å². The Morgan fingerprint density at radius 2 is 1.40 bits per heavy atom. The first-order valence-corrected chi connectivity index (χ1v) is 6.82. The number of nitrogens with zero attached hydrogens (tertiary/aromatic N) is 1. The summed E-state index contributed by atoms with van der Waals surface area (Å²) in [6.45, 7) is 8.04. The van der Waals surface area contributed by atoms with Gasteiger partial charge in [0.15, 0.2) is 12.3 Å². The van der Waals surface area contributed by atoms with Gasteiger partial charge in [0.05, 0.1) is 13.2 Å². The molecule has 0 radical (unpaired) electrons. The van der Waals surface area contributed by atoms with E-state index in [1.165, 1.54) is 7.05 Å². The van der Waals surface area contributed by atoms with Gasteiger partial charge in [0.2, 0.25) is 0 Å². The number of ether oxygens (including phenoxy) is 4. The lowest BCUT2D eigenvalue weighted by Crippen LogP contribution is -2.52. The lowest BCUT2D eigenvalue weighted by molar-refractivity contribution is -0.189. The molecular formula is C13H25NO6. The summed E-state index contributed by atoms with van der Waals surface area (Å²) in [6.07, 6.45) is -1.52. The second kappa shape index (κ2) is 10.4. The average Bonchev–Trinajstić information content (AvgIpc) is 2.40. The Kier molecular flexibility index (Phi) is 9.75. The maximum atomic E-state index is 12.1.